The molecule has 0 unspecified atom stereocenters. The second-order valence-electron chi connectivity index (χ2n) is 6.02. The fourth-order valence-electron chi connectivity index (χ4n) is 2.47. The van der Waals surface area contributed by atoms with Crippen LogP contribution in [0.2, 0.25) is 5.15 Å². The number of hydrazone groups is 1. The van der Waals surface area contributed by atoms with Gasteiger partial charge in [-0.25, -0.2) is 10.1 Å². The number of benzene rings is 2. The van der Waals surface area contributed by atoms with Gasteiger partial charge in [0.15, 0.2) is 0 Å². The molecule has 0 radical (unpaired) electrons. The predicted octanol–water partition coefficient (Wildman–Crippen LogP) is 3.48. The Balaban J connectivity index is 1.57. The van der Waals surface area contributed by atoms with Crippen LogP contribution in [0.5, 0.6) is 0 Å². The molecule has 2 N–H and O–H groups in total. The summed E-state index contributed by atoms with van der Waals surface area (Å²) in [6.45, 7) is 1.59. The molecule has 148 valence electrons. The highest BCUT2D eigenvalue weighted by Crippen LogP contribution is 2.21. The van der Waals surface area contributed by atoms with Crippen LogP contribution in [-0.4, -0.2) is 34.4 Å². The number of nitrogens with one attached hydrogen (secondary N) is 2. The molecule has 3 aromatic rings. The van der Waals surface area contributed by atoms with Gasteiger partial charge < -0.3 is 5.32 Å². The van der Waals surface area contributed by atoms with E-state index >= 15 is 0 Å². The molecule has 0 spiro atoms. The molecule has 0 saturated carbocycles. The number of halogens is 2. The third-order valence-corrected chi connectivity index (χ3v) is 4.84. The van der Waals surface area contributed by atoms with Crippen molar-refractivity contribution in [3.05, 3.63) is 81.0 Å². The molecule has 2 aromatic carbocycles. The van der Waals surface area contributed by atoms with Crippen LogP contribution < -0.4 is 10.7 Å². The van der Waals surface area contributed by atoms with Gasteiger partial charge in [-0.3, -0.25) is 9.59 Å². The quantitative estimate of drug-likeness (QED) is 0.423. The van der Waals surface area contributed by atoms with Crippen molar-refractivity contribution in [2.75, 3.05) is 6.54 Å². The number of aromatic nitrogens is 2. The van der Waals surface area contributed by atoms with Crippen molar-refractivity contribution in [1.82, 2.24) is 20.5 Å². The molecule has 1 heterocycles. The average molecular weight is 475 g/mol. The summed E-state index contributed by atoms with van der Waals surface area (Å²) in [7, 11) is 0. The predicted molar refractivity (Wildman–Crippen MR) is 116 cm³/mol. The standard InChI is InChI=1S/C20H17BrClN5O2/c1-13-17(19(22)27(26-13)16-5-3-2-4-6-16)11-24-25-18(28)12-23-20(29)14-7-9-15(21)10-8-14/h2-11H,12H2,1H3,(H,23,29)(H,25,28)/b24-11+. The van der Waals surface area contributed by atoms with Gasteiger partial charge in [0.05, 0.1) is 29.7 Å². The smallest absolute Gasteiger partial charge is 0.259 e. The molecule has 0 aliphatic carbocycles. The van der Waals surface area contributed by atoms with Crippen LogP contribution in [0.15, 0.2) is 64.2 Å². The van der Waals surface area contributed by atoms with E-state index in [0.717, 1.165) is 10.2 Å². The van der Waals surface area contributed by atoms with Crippen LogP contribution >= 0.6 is 27.5 Å². The summed E-state index contributed by atoms with van der Waals surface area (Å²) in [5.41, 5.74) is 4.90. The Morgan fingerprint density at radius 1 is 1.17 bits per heavy atom. The minimum Gasteiger partial charge on any atom is -0.343 e. The molecule has 3 rings (SSSR count). The third-order valence-electron chi connectivity index (χ3n) is 3.95. The molecule has 0 saturated heterocycles. The van der Waals surface area contributed by atoms with Gasteiger partial charge in [0, 0.05) is 10.0 Å². The van der Waals surface area contributed by atoms with Gasteiger partial charge in [-0.1, -0.05) is 45.7 Å². The lowest BCUT2D eigenvalue weighted by Gasteiger charge is -2.04. The number of nitrogens with zero attached hydrogens (tertiary/aromatic N) is 3. The first kappa shape index (κ1) is 20.8. The van der Waals surface area contributed by atoms with Gasteiger partial charge >= 0.3 is 0 Å². The lowest BCUT2D eigenvalue weighted by Crippen LogP contribution is -2.34. The van der Waals surface area contributed by atoms with Gasteiger partial charge in [0.25, 0.3) is 11.8 Å². The van der Waals surface area contributed by atoms with E-state index in [9.17, 15) is 9.59 Å². The summed E-state index contributed by atoms with van der Waals surface area (Å²) in [6.07, 6.45) is 1.43. The lowest BCUT2D eigenvalue weighted by molar-refractivity contribution is -0.120. The lowest BCUT2D eigenvalue weighted by atomic mass is 10.2. The molecule has 9 heteroatoms. The Morgan fingerprint density at radius 3 is 2.55 bits per heavy atom. The summed E-state index contributed by atoms with van der Waals surface area (Å²) in [6, 6.07) is 16.3. The maximum absolute atomic E-state index is 12.0. The van der Waals surface area contributed by atoms with E-state index in [2.05, 4.69) is 36.9 Å². The number of carbonyl (C=O) groups excluding carboxylic acids is 2. The highest BCUT2D eigenvalue weighted by Gasteiger charge is 2.13. The zero-order valence-corrected chi connectivity index (χ0v) is 17.7. The first-order chi connectivity index (χ1) is 14.0. The van der Waals surface area contributed by atoms with Gasteiger partial charge in [-0.2, -0.15) is 10.2 Å². The van der Waals surface area contributed by atoms with Gasteiger partial charge in [-0.15, -0.1) is 0 Å². The number of aryl methyl sites for hydroxylation is 1. The van der Waals surface area contributed by atoms with E-state index in [0.29, 0.717) is 22.0 Å². The first-order valence-electron chi connectivity index (χ1n) is 8.62. The van der Waals surface area contributed by atoms with Crippen LogP contribution in [0.3, 0.4) is 0 Å². The van der Waals surface area contributed by atoms with Crippen molar-refractivity contribution >= 4 is 45.6 Å². The number of hydrogen-bond acceptors (Lipinski definition) is 4. The van der Waals surface area contributed by atoms with Crippen molar-refractivity contribution in [3.8, 4) is 5.69 Å². The topological polar surface area (TPSA) is 88.4 Å². The normalized spacial score (nSPS) is 10.9. The average Bonchev–Trinajstić information content (AvgIpc) is 3.01. The highest BCUT2D eigenvalue weighted by atomic mass is 79.9. The molecule has 1 aromatic heterocycles. The van der Waals surface area contributed by atoms with Crippen LogP contribution in [0.1, 0.15) is 21.6 Å². The Morgan fingerprint density at radius 2 is 1.86 bits per heavy atom. The zero-order valence-electron chi connectivity index (χ0n) is 15.4. The Bertz CT molecular complexity index is 1050. The van der Waals surface area contributed by atoms with Gasteiger partial charge in [-0.05, 0) is 43.3 Å². The van der Waals surface area contributed by atoms with Crippen LogP contribution in [-0.2, 0) is 4.79 Å². The summed E-state index contributed by atoms with van der Waals surface area (Å²) < 4.78 is 2.46. The number of para-hydroxylation sites is 1. The van der Waals surface area contributed by atoms with Gasteiger partial charge in [0.2, 0.25) is 0 Å². The van der Waals surface area contributed by atoms with Crippen molar-refractivity contribution in [3.63, 3.8) is 0 Å². The fourth-order valence-corrected chi connectivity index (χ4v) is 3.06. The molecular formula is C20H17BrClN5O2. The molecule has 0 bridgehead atoms. The zero-order chi connectivity index (χ0) is 20.8. The Labute approximate surface area is 180 Å². The van der Waals surface area contributed by atoms with Crippen LogP contribution in [0.4, 0.5) is 0 Å². The SMILES string of the molecule is Cc1nn(-c2ccccc2)c(Cl)c1/C=N/NC(=O)CNC(=O)c1ccc(Br)cc1. The van der Waals surface area contributed by atoms with E-state index in [4.69, 9.17) is 11.6 Å². The maximum Gasteiger partial charge on any atom is 0.259 e. The number of carbonyl (C=O) groups is 2. The fraction of sp³-hybridized carbons (Fsp3) is 0.100. The molecule has 7 nitrogen and oxygen atoms in total. The van der Waals surface area contributed by atoms with Crippen molar-refractivity contribution < 1.29 is 9.59 Å². The minimum absolute atomic E-state index is 0.206. The maximum atomic E-state index is 12.0. The van der Waals surface area contributed by atoms with Crippen LogP contribution in [0.25, 0.3) is 5.69 Å². The summed E-state index contributed by atoms with van der Waals surface area (Å²) >= 11 is 9.70. The third kappa shape index (κ3) is 5.30. The summed E-state index contributed by atoms with van der Waals surface area (Å²) in [5, 5.41) is 11.2. The largest absolute Gasteiger partial charge is 0.343 e. The molecule has 2 amide bonds. The monoisotopic (exact) mass is 473 g/mol. The second-order valence-corrected chi connectivity index (χ2v) is 7.29. The summed E-state index contributed by atoms with van der Waals surface area (Å²) in [4.78, 5) is 23.9. The van der Waals surface area contributed by atoms with E-state index in [1.807, 2.05) is 30.3 Å². The Hall–Kier alpha value is -2.97. The summed E-state index contributed by atoms with van der Waals surface area (Å²) in [5.74, 6) is -0.810. The van der Waals surface area contributed by atoms with Crippen molar-refractivity contribution in [2.24, 2.45) is 5.10 Å². The Kier molecular flexibility index (Phi) is 6.79. The molecule has 0 fully saturated rings. The van der Waals surface area contributed by atoms with E-state index < -0.39 is 5.91 Å². The van der Waals surface area contributed by atoms with E-state index in [1.165, 1.54) is 6.21 Å². The van der Waals surface area contributed by atoms with Gasteiger partial charge in [0.1, 0.15) is 5.15 Å². The number of amides is 2. The number of rotatable bonds is 6. The first-order valence-corrected chi connectivity index (χ1v) is 9.79. The number of hydrogen-bond donors (Lipinski definition) is 2. The van der Waals surface area contributed by atoms with Crippen LogP contribution in [0, 0.1) is 6.92 Å². The van der Waals surface area contributed by atoms with E-state index in [-0.39, 0.29) is 12.5 Å². The molecular weight excluding hydrogens is 458 g/mol. The highest BCUT2D eigenvalue weighted by molar-refractivity contribution is 9.10. The van der Waals surface area contributed by atoms with E-state index in [1.54, 1.807) is 35.9 Å². The molecule has 0 aliphatic heterocycles. The molecule has 29 heavy (non-hydrogen) atoms. The van der Waals surface area contributed by atoms with Crippen molar-refractivity contribution in [1.29, 1.82) is 0 Å². The molecule has 0 aliphatic rings. The van der Waals surface area contributed by atoms with Crippen molar-refractivity contribution in [2.45, 2.75) is 6.92 Å². The molecule has 0 atom stereocenters. The second kappa shape index (κ2) is 9.49. The minimum atomic E-state index is -0.462.